The van der Waals surface area contributed by atoms with Gasteiger partial charge in [0.1, 0.15) is 13.1 Å². The van der Waals surface area contributed by atoms with Gasteiger partial charge in [0, 0.05) is 11.1 Å². The second kappa shape index (κ2) is 24.1. The van der Waals surface area contributed by atoms with Crippen LogP contribution in [0.25, 0.3) is 44.1 Å². The summed E-state index contributed by atoms with van der Waals surface area (Å²) in [5.74, 6) is 1.07. The van der Waals surface area contributed by atoms with Crippen LogP contribution in [0.2, 0.25) is 0 Å². The second-order valence-electron chi connectivity index (χ2n) is 18.8. The van der Waals surface area contributed by atoms with E-state index in [4.69, 9.17) is 0 Å². The van der Waals surface area contributed by atoms with E-state index in [2.05, 4.69) is 268 Å². The Kier molecular flexibility index (Phi) is 17.3. The normalized spacial score (nSPS) is 12.1. The third-order valence-corrected chi connectivity index (χ3v) is 27.2. The molecule has 358 valence electrons. The van der Waals surface area contributed by atoms with E-state index < -0.39 is 4.25 Å². The zero-order valence-corrected chi connectivity index (χ0v) is 46.5. The minimum absolute atomic E-state index is 0. The summed E-state index contributed by atoms with van der Waals surface area (Å²) in [6.45, 7) is 1.57. The van der Waals surface area contributed by atoms with Crippen molar-refractivity contribution >= 4 is 75.5 Å². The van der Waals surface area contributed by atoms with Crippen LogP contribution in [0.4, 0.5) is 0 Å². The molecule has 0 spiro atoms. The molecular weight excluding hydrogens is 1130 g/mol. The van der Waals surface area contributed by atoms with Gasteiger partial charge in [0.15, 0.2) is 11.4 Å². The van der Waals surface area contributed by atoms with Crippen LogP contribution in [0, 0.1) is 0 Å². The summed E-state index contributed by atoms with van der Waals surface area (Å²) in [5, 5.41) is 10.9. The van der Waals surface area contributed by atoms with Gasteiger partial charge in [0.05, 0.1) is 0 Å². The van der Waals surface area contributed by atoms with Gasteiger partial charge in [-0.2, -0.15) is 0 Å². The number of halogens is 2. The summed E-state index contributed by atoms with van der Waals surface area (Å²) in [4.78, 5) is 0. The average Bonchev–Trinajstić information content (AvgIpc) is 3.72. The van der Waals surface area contributed by atoms with Crippen LogP contribution in [0.3, 0.4) is 0 Å². The molecule has 71 heavy (non-hydrogen) atoms. The number of benzene rings is 9. The predicted octanol–water partition coefficient (Wildman–Crippen LogP) is 13.6. The van der Waals surface area contributed by atoms with Crippen LogP contribution < -0.4 is 44.5 Å². The van der Waals surface area contributed by atoms with Crippen molar-refractivity contribution in [2.45, 2.75) is 69.6 Å². The van der Waals surface area contributed by atoms with Crippen LogP contribution in [-0.4, -0.2) is 16.5 Å². The Hall–Kier alpha value is -5.05. The van der Waals surface area contributed by atoms with E-state index in [1.165, 1.54) is 134 Å². The van der Waals surface area contributed by atoms with E-state index in [0.717, 1.165) is 18.8 Å². The maximum Gasteiger partial charge on any atom is -1.00 e. The van der Waals surface area contributed by atoms with Crippen molar-refractivity contribution in [3.05, 3.63) is 248 Å². The quantitative estimate of drug-likeness (QED) is 0.0229. The fourth-order valence-corrected chi connectivity index (χ4v) is 20.6. The largest absolute Gasteiger partial charge is 1.00 e. The Bertz CT molecular complexity index is 3030. The average molecular weight is 1190 g/mol. The first-order valence-corrected chi connectivity index (χ1v) is 31.5. The molecule has 0 unspecified atom stereocenters. The van der Waals surface area contributed by atoms with Crippen LogP contribution in [0.5, 0.6) is 0 Å². The van der Waals surface area contributed by atoms with Gasteiger partial charge in [-0.25, -0.2) is 9.13 Å². The number of thioether (sulfide) groups is 1. The van der Waals surface area contributed by atoms with Crippen LogP contribution in [0.15, 0.2) is 242 Å². The van der Waals surface area contributed by atoms with E-state index in [1.54, 1.807) is 0 Å². The maximum absolute atomic E-state index is 2.95. The van der Waals surface area contributed by atoms with Crippen molar-refractivity contribution in [3.8, 4) is 22.5 Å². The first-order chi connectivity index (χ1) is 34.6. The molecule has 0 atom stereocenters. The van der Waals surface area contributed by atoms with Gasteiger partial charge in [0.2, 0.25) is 0 Å². The molecule has 0 saturated heterocycles. The number of nitrogens with zero attached hydrogens (tertiary/aromatic N) is 2. The molecule has 0 amide bonds. The second-order valence-corrected chi connectivity index (χ2v) is 30.6. The van der Waals surface area contributed by atoms with E-state index in [9.17, 15) is 0 Å². The summed E-state index contributed by atoms with van der Waals surface area (Å²) < 4.78 is 2.56. The van der Waals surface area contributed by atoms with Gasteiger partial charge in [-0.05, 0) is 44.8 Å². The molecule has 10 aromatic rings. The Morgan fingerprint density at radius 3 is 1.34 bits per heavy atom. The first kappa shape index (κ1) is 50.9. The molecular formula is C65H63I2N2PS. The fourth-order valence-electron chi connectivity index (χ4n) is 10.6. The number of rotatable bonds is 21. The predicted molar refractivity (Wildman–Crippen MR) is 313 cm³/mol. The van der Waals surface area contributed by atoms with Crippen molar-refractivity contribution in [1.29, 1.82) is 0 Å². The number of fused-ring (bicyclic) bond motifs is 2. The minimum atomic E-state index is -2.71. The van der Waals surface area contributed by atoms with Crippen molar-refractivity contribution < 1.29 is 28.5 Å². The monoisotopic (exact) mass is 1190 g/mol. The van der Waals surface area contributed by atoms with Gasteiger partial charge in [-0.15, -0.1) is 0 Å². The van der Waals surface area contributed by atoms with Crippen molar-refractivity contribution in [2.24, 2.45) is 0 Å². The molecule has 9 aromatic carbocycles. The third kappa shape index (κ3) is 11.3. The van der Waals surface area contributed by atoms with Crippen LogP contribution in [0.1, 0.15) is 62.5 Å². The number of aromatic nitrogens is 2. The molecule has 10 rings (SSSR count). The van der Waals surface area contributed by atoms with E-state index in [-0.39, 0.29) is 24.0 Å². The third-order valence-electron chi connectivity index (χ3n) is 14.2. The molecule has 0 bridgehead atoms. The van der Waals surface area contributed by atoms with Gasteiger partial charge in [-0.1, -0.05) is 133 Å². The Morgan fingerprint density at radius 1 is 0.408 bits per heavy atom. The van der Waals surface area contributed by atoms with E-state index in [0.29, 0.717) is 0 Å². The summed E-state index contributed by atoms with van der Waals surface area (Å²) >= 11 is 5.00. The van der Waals surface area contributed by atoms with Gasteiger partial charge >= 0.3 is 213 Å². The molecule has 2 nitrogen and oxygen atoms in total. The van der Waals surface area contributed by atoms with Gasteiger partial charge < -0.3 is 24.0 Å². The molecule has 0 saturated carbocycles. The molecule has 0 N–H and O–H groups in total. The van der Waals surface area contributed by atoms with E-state index in [1.807, 2.05) is 11.8 Å². The topological polar surface area (TPSA) is 8.81 Å². The summed E-state index contributed by atoms with van der Waals surface area (Å²) in [6.07, 6.45) is 11.3. The molecule has 0 radical (unpaired) electrons. The Morgan fingerprint density at radius 2 is 0.817 bits per heavy atom. The van der Waals surface area contributed by atoms with Gasteiger partial charge in [0.25, 0.3) is 0 Å². The molecule has 0 aliphatic rings. The first-order valence-electron chi connectivity index (χ1n) is 25.3. The standard InChI is InChI=1S/C65H63IN2PS.HI/c66-69(60-36-16-9-17-37-60,61-38-18-10-19-39-61,62-40-20-11-21-41-62)46-26-5-3-1-2-4-6-27-47-70-65-67(50-52-42-44-54-28-22-24-34-58(54)48-52)63(56-30-12-7-13-31-56)64(57-32-14-8-15-33-57)68(65)51-53-43-45-55-29-23-25-35-59(55)49-53;/h7-25,28-45,48-49H,1-6,26-27,46-47,50-51H2;1H/q+1;/p-1. The minimum Gasteiger partial charge on any atom is -1.00 e. The Labute approximate surface area is 456 Å². The van der Waals surface area contributed by atoms with Crippen LogP contribution in [-0.2, 0) is 13.1 Å². The van der Waals surface area contributed by atoms with Crippen molar-refractivity contribution in [1.82, 2.24) is 4.57 Å². The molecule has 1 aromatic heterocycles. The molecule has 0 aliphatic heterocycles. The molecule has 1 heterocycles. The number of hydrogen-bond acceptors (Lipinski definition) is 1. The number of unbranched alkanes of at least 4 members (excludes halogenated alkanes) is 7. The number of hydrogen-bond donors (Lipinski definition) is 0. The van der Waals surface area contributed by atoms with E-state index >= 15 is 0 Å². The maximum atomic E-state index is 2.95. The summed E-state index contributed by atoms with van der Waals surface area (Å²) in [6, 6.07) is 87.9. The SMILES string of the molecule is IP(CCCCCCCCCCSc1n(Cc2ccc3ccccc3c2)c(-c2ccccc2)c(-c2ccccc2)[n+]1Cc1ccc2ccccc2c1)(c1ccccc1)(c1ccccc1)c1ccccc1.[I-]. The van der Waals surface area contributed by atoms with Crippen molar-refractivity contribution in [2.75, 3.05) is 11.9 Å². The smallest absolute Gasteiger partial charge is 1.00 e. The zero-order valence-electron chi connectivity index (χ0n) is 40.5. The fraction of sp³-hybridized carbons (Fsp3) is 0.185. The summed E-state index contributed by atoms with van der Waals surface area (Å²) in [7, 11) is 0. The van der Waals surface area contributed by atoms with Crippen molar-refractivity contribution in [3.63, 3.8) is 0 Å². The van der Waals surface area contributed by atoms with Gasteiger partial charge in [-0.3, -0.25) is 0 Å². The zero-order chi connectivity index (χ0) is 47.5. The molecule has 6 heteroatoms. The Balaban J connectivity index is 0.00000624. The molecule has 0 fully saturated rings. The number of imidazole rings is 1. The van der Waals surface area contributed by atoms with Crippen LogP contribution >= 0.6 is 38.0 Å². The summed E-state index contributed by atoms with van der Waals surface area (Å²) in [5.41, 5.74) is 7.64. The molecule has 0 aliphatic carbocycles.